The number of ether oxygens (including phenoxy) is 2. The highest BCUT2D eigenvalue weighted by Crippen LogP contribution is 2.22. The number of methoxy groups -OCH3 is 2. The molecule has 1 aliphatic heterocycles. The first-order valence-corrected chi connectivity index (χ1v) is 11.0. The number of hydrogen-bond acceptors (Lipinski definition) is 6. The predicted molar refractivity (Wildman–Crippen MR) is 126 cm³/mol. The van der Waals surface area contributed by atoms with Crippen molar-refractivity contribution in [3.8, 4) is 17.2 Å². The molecule has 8 nitrogen and oxygen atoms in total. The lowest BCUT2D eigenvalue weighted by atomic mass is 9.97. The quantitative estimate of drug-likeness (QED) is 0.598. The Balaban J connectivity index is 1.44. The second kappa shape index (κ2) is 10.2. The maximum atomic E-state index is 12.8. The predicted octanol–water partition coefficient (Wildman–Crippen LogP) is 2.78. The molecule has 1 aromatic heterocycles. The van der Waals surface area contributed by atoms with Gasteiger partial charge in [-0.1, -0.05) is 12.1 Å². The molecule has 1 N–H and O–H groups in total. The van der Waals surface area contributed by atoms with Crippen LogP contribution in [0.25, 0.3) is 5.69 Å². The maximum absolute atomic E-state index is 12.8. The highest BCUT2D eigenvalue weighted by Gasteiger charge is 2.27. The number of anilines is 1. The third-order valence-corrected chi connectivity index (χ3v) is 5.82. The molecule has 8 heteroatoms. The lowest BCUT2D eigenvalue weighted by Gasteiger charge is -2.33. The Hall–Kier alpha value is -3.81. The molecule has 1 amide bonds. The van der Waals surface area contributed by atoms with Crippen molar-refractivity contribution in [3.63, 3.8) is 0 Å². The average Bonchev–Trinajstić information content (AvgIpc) is 2.88. The minimum absolute atomic E-state index is 0.0194. The van der Waals surface area contributed by atoms with Crippen molar-refractivity contribution in [2.45, 2.75) is 19.4 Å². The summed E-state index contributed by atoms with van der Waals surface area (Å²) >= 11 is 0. The van der Waals surface area contributed by atoms with Crippen molar-refractivity contribution < 1.29 is 14.3 Å². The minimum Gasteiger partial charge on any atom is -0.497 e. The molecule has 172 valence electrons. The fourth-order valence-corrected chi connectivity index (χ4v) is 3.99. The van der Waals surface area contributed by atoms with Crippen molar-refractivity contribution in [2.75, 3.05) is 32.2 Å². The molecule has 0 bridgehead atoms. The van der Waals surface area contributed by atoms with E-state index in [4.69, 9.17) is 9.47 Å². The van der Waals surface area contributed by atoms with E-state index >= 15 is 0 Å². The topological polar surface area (TPSA) is 85.7 Å². The summed E-state index contributed by atoms with van der Waals surface area (Å²) in [7, 11) is 3.22. The number of aromatic nitrogens is 2. The molecule has 1 fully saturated rings. The van der Waals surface area contributed by atoms with Crippen molar-refractivity contribution in [1.29, 1.82) is 0 Å². The Labute approximate surface area is 192 Å². The number of piperidine rings is 1. The van der Waals surface area contributed by atoms with Crippen LogP contribution >= 0.6 is 0 Å². The summed E-state index contributed by atoms with van der Waals surface area (Å²) < 4.78 is 11.8. The SMILES string of the molecule is COc1ccc(-n2nc(N3CCC[C@H](C(=O)NCc4cccc(OC)c4)C3)ccc2=O)cc1. The maximum Gasteiger partial charge on any atom is 0.271 e. The van der Waals surface area contributed by atoms with Crippen LogP contribution in [0.1, 0.15) is 18.4 Å². The zero-order chi connectivity index (χ0) is 23.2. The first kappa shape index (κ1) is 22.4. The average molecular weight is 449 g/mol. The molecule has 0 aliphatic carbocycles. The van der Waals surface area contributed by atoms with Crippen molar-refractivity contribution in [2.24, 2.45) is 5.92 Å². The summed E-state index contributed by atoms with van der Waals surface area (Å²) in [6.45, 7) is 1.79. The first-order chi connectivity index (χ1) is 16.1. The number of carbonyl (C=O) groups excluding carboxylic acids is 1. The Bertz CT molecular complexity index is 1160. The highest BCUT2D eigenvalue weighted by atomic mass is 16.5. The number of rotatable bonds is 7. The molecule has 1 aliphatic rings. The number of amides is 1. The normalized spacial score (nSPS) is 15.7. The van der Waals surface area contributed by atoms with Gasteiger partial charge in [0.2, 0.25) is 5.91 Å². The van der Waals surface area contributed by atoms with Crippen molar-refractivity contribution >= 4 is 11.7 Å². The zero-order valence-corrected chi connectivity index (χ0v) is 18.9. The van der Waals surface area contributed by atoms with Gasteiger partial charge < -0.3 is 19.7 Å². The molecular weight excluding hydrogens is 420 g/mol. The first-order valence-electron chi connectivity index (χ1n) is 11.0. The van der Waals surface area contributed by atoms with E-state index in [0.717, 1.165) is 30.7 Å². The molecule has 0 spiro atoms. The van der Waals surface area contributed by atoms with Crippen LogP contribution in [0.15, 0.2) is 65.5 Å². The third kappa shape index (κ3) is 5.34. The van der Waals surface area contributed by atoms with Gasteiger partial charge >= 0.3 is 0 Å². The van der Waals surface area contributed by atoms with Gasteiger partial charge in [0, 0.05) is 25.7 Å². The van der Waals surface area contributed by atoms with Gasteiger partial charge in [-0.3, -0.25) is 9.59 Å². The van der Waals surface area contributed by atoms with Crippen LogP contribution in [0.5, 0.6) is 11.5 Å². The Kier molecular flexibility index (Phi) is 6.92. The molecule has 2 aromatic carbocycles. The van der Waals surface area contributed by atoms with E-state index in [0.29, 0.717) is 30.3 Å². The van der Waals surface area contributed by atoms with E-state index in [1.54, 1.807) is 44.6 Å². The molecular formula is C25H28N4O4. The Morgan fingerprint density at radius 2 is 1.85 bits per heavy atom. The summed E-state index contributed by atoms with van der Waals surface area (Å²) in [4.78, 5) is 27.3. The lowest BCUT2D eigenvalue weighted by molar-refractivity contribution is -0.125. The molecule has 2 heterocycles. The van der Waals surface area contributed by atoms with Crippen LogP contribution in [0, 0.1) is 5.92 Å². The largest absolute Gasteiger partial charge is 0.497 e. The van der Waals surface area contributed by atoms with Crippen LogP contribution in [0.3, 0.4) is 0 Å². The van der Waals surface area contributed by atoms with Gasteiger partial charge in [-0.05, 0) is 60.9 Å². The molecule has 0 unspecified atom stereocenters. The number of nitrogens with one attached hydrogen (secondary N) is 1. The van der Waals surface area contributed by atoms with Gasteiger partial charge in [0.15, 0.2) is 0 Å². The molecule has 0 radical (unpaired) electrons. The summed E-state index contributed by atoms with van der Waals surface area (Å²) in [5.74, 6) is 2.03. The zero-order valence-electron chi connectivity index (χ0n) is 18.9. The second-order valence-corrected chi connectivity index (χ2v) is 7.99. The van der Waals surface area contributed by atoms with E-state index in [9.17, 15) is 9.59 Å². The van der Waals surface area contributed by atoms with Gasteiger partial charge in [-0.25, -0.2) is 0 Å². The van der Waals surface area contributed by atoms with Gasteiger partial charge in [0.25, 0.3) is 5.56 Å². The van der Waals surface area contributed by atoms with Gasteiger partial charge in [0.1, 0.15) is 17.3 Å². The number of hydrogen-bond donors (Lipinski definition) is 1. The van der Waals surface area contributed by atoms with E-state index in [-0.39, 0.29) is 17.4 Å². The Morgan fingerprint density at radius 3 is 2.61 bits per heavy atom. The van der Waals surface area contributed by atoms with Crippen LogP contribution < -0.4 is 25.2 Å². The third-order valence-electron chi connectivity index (χ3n) is 5.82. The van der Waals surface area contributed by atoms with Gasteiger partial charge in [0.05, 0.1) is 25.8 Å². The molecule has 33 heavy (non-hydrogen) atoms. The summed E-state index contributed by atoms with van der Waals surface area (Å²) in [5, 5.41) is 7.61. The molecule has 1 saturated heterocycles. The molecule has 0 saturated carbocycles. The molecule has 4 rings (SSSR count). The van der Waals surface area contributed by atoms with Crippen molar-refractivity contribution in [3.05, 3.63) is 76.6 Å². The number of nitrogens with zero attached hydrogens (tertiary/aromatic N) is 3. The number of carbonyl (C=O) groups is 1. The minimum atomic E-state index is -0.214. The standard InChI is InChI=1S/C25H28N4O4/c1-32-21-10-8-20(9-11-21)29-24(30)13-12-23(27-29)28-14-4-6-19(17-28)25(31)26-16-18-5-3-7-22(15-18)33-2/h3,5,7-13,15,19H,4,6,14,16-17H2,1-2H3,(H,26,31)/t19-/m0/s1. The van der Waals surface area contributed by atoms with Gasteiger partial charge in [-0.2, -0.15) is 4.68 Å². The summed E-state index contributed by atoms with van der Waals surface area (Å²) in [6, 6.07) is 18.1. The Morgan fingerprint density at radius 1 is 1.06 bits per heavy atom. The van der Waals surface area contributed by atoms with E-state index < -0.39 is 0 Å². The van der Waals surface area contributed by atoms with Crippen LogP contribution in [0.4, 0.5) is 5.82 Å². The van der Waals surface area contributed by atoms with Crippen LogP contribution in [-0.4, -0.2) is 43.0 Å². The summed E-state index contributed by atoms with van der Waals surface area (Å²) in [6.07, 6.45) is 1.69. The smallest absolute Gasteiger partial charge is 0.271 e. The van der Waals surface area contributed by atoms with Crippen LogP contribution in [-0.2, 0) is 11.3 Å². The van der Waals surface area contributed by atoms with Crippen LogP contribution in [0.2, 0.25) is 0 Å². The number of benzene rings is 2. The van der Waals surface area contributed by atoms with E-state index in [1.807, 2.05) is 24.3 Å². The highest BCUT2D eigenvalue weighted by molar-refractivity contribution is 5.79. The fraction of sp³-hybridized carbons (Fsp3) is 0.320. The van der Waals surface area contributed by atoms with E-state index in [2.05, 4.69) is 15.3 Å². The van der Waals surface area contributed by atoms with E-state index in [1.165, 1.54) is 10.7 Å². The molecule has 3 aromatic rings. The summed E-state index contributed by atoms with van der Waals surface area (Å²) in [5.41, 5.74) is 1.43. The monoisotopic (exact) mass is 448 g/mol. The van der Waals surface area contributed by atoms with Crippen molar-refractivity contribution in [1.82, 2.24) is 15.1 Å². The fourth-order valence-electron chi connectivity index (χ4n) is 3.99. The van der Waals surface area contributed by atoms with Gasteiger partial charge in [-0.15, -0.1) is 5.10 Å². The lowest BCUT2D eigenvalue weighted by Crippen LogP contribution is -2.43. The second-order valence-electron chi connectivity index (χ2n) is 7.99. The molecule has 1 atom stereocenters.